The van der Waals surface area contributed by atoms with Gasteiger partial charge in [0.05, 0.1) is 18.1 Å². The van der Waals surface area contributed by atoms with E-state index in [-0.39, 0.29) is 17.4 Å². The minimum atomic E-state index is -3.53. The van der Waals surface area contributed by atoms with Crippen LogP contribution in [0.25, 0.3) is 0 Å². The molecule has 0 radical (unpaired) electrons. The van der Waals surface area contributed by atoms with Crippen LogP contribution < -0.4 is 4.74 Å². The number of aliphatic hydroxyl groups excluding tert-OH is 1. The lowest BCUT2D eigenvalue weighted by Crippen LogP contribution is -2.50. The summed E-state index contributed by atoms with van der Waals surface area (Å²) in [6.45, 7) is 6.46. The zero-order valence-corrected chi connectivity index (χ0v) is 17.5. The highest BCUT2D eigenvalue weighted by atomic mass is 32.2. The van der Waals surface area contributed by atoms with Crippen LogP contribution in [0.3, 0.4) is 0 Å². The van der Waals surface area contributed by atoms with Gasteiger partial charge in [-0.15, -0.1) is 0 Å². The molecule has 0 saturated carbocycles. The molecule has 162 valence electrons. The van der Waals surface area contributed by atoms with Crippen molar-refractivity contribution in [2.45, 2.75) is 17.9 Å². The van der Waals surface area contributed by atoms with Gasteiger partial charge >= 0.3 is 0 Å². The molecule has 3 rings (SSSR count). The Morgan fingerprint density at radius 2 is 1.72 bits per heavy atom. The Kier molecular flexibility index (Phi) is 7.47. The van der Waals surface area contributed by atoms with E-state index in [1.165, 1.54) is 16.4 Å². The monoisotopic (exact) mass is 427 g/mol. The summed E-state index contributed by atoms with van der Waals surface area (Å²) < 4.78 is 37.5. The molecular formula is C19H29N3O6S. The predicted octanol–water partition coefficient (Wildman–Crippen LogP) is -0.389. The van der Waals surface area contributed by atoms with Gasteiger partial charge in [-0.05, 0) is 24.3 Å². The van der Waals surface area contributed by atoms with Crippen molar-refractivity contribution in [1.29, 1.82) is 0 Å². The van der Waals surface area contributed by atoms with Crippen molar-refractivity contribution in [1.82, 2.24) is 14.1 Å². The van der Waals surface area contributed by atoms with Crippen LogP contribution in [0.2, 0.25) is 0 Å². The molecule has 1 aromatic carbocycles. The Morgan fingerprint density at radius 3 is 2.31 bits per heavy atom. The van der Waals surface area contributed by atoms with Crippen molar-refractivity contribution < 1.29 is 27.8 Å². The van der Waals surface area contributed by atoms with E-state index in [1.807, 2.05) is 0 Å². The predicted molar refractivity (Wildman–Crippen MR) is 106 cm³/mol. The number of carbonyl (C=O) groups is 1. The lowest BCUT2D eigenvalue weighted by atomic mass is 10.2. The first-order valence-corrected chi connectivity index (χ1v) is 11.3. The number of piperazine rings is 1. The third-order valence-electron chi connectivity index (χ3n) is 5.16. The molecule has 1 amide bonds. The maximum atomic E-state index is 12.6. The molecule has 2 fully saturated rings. The lowest BCUT2D eigenvalue weighted by Gasteiger charge is -2.35. The molecule has 10 heteroatoms. The maximum Gasteiger partial charge on any atom is 0.243 e. The van der Waals surface area contributed by atoms with Crippen molar-refractivity contribution in [2.75, 3.05) is 65.6 Å². The number of ether oxygens (including phenoxy) is 2. The Bertz CT molecular complexity index is 772. The molecule has 0 unspecified atom stereocenters. The van der Waals surface area contributed by atoms with Crippen molar-refractivity contribution in [2.24, 2.45) is 0 Å². The van der Waals surface area contributed by atoms with Gasteiger partial charge in [0.25, 0.3) is 0 Å². The Balaban J connectivity index is 1.46. The van der Waals surface area contributed by atoms with Crippen LogP contribution in [0.1, 0.15) is 6.92 Å². The fourth-order valence-electron chi connectivity index (χ4n) is 3.43. The van der Waals surface area contributed by atoms with Crippen LogP contribution >= 0.6 is 0 Å². The van der Waals surface area contributed by atoms with Gasteiger partial charge in [-0.1, -0.05) is 0 Å². The van der Waals surface area contributed by atoms with Gasteiger partial charge in [0.2, 0.25) is 15.9 Å². The highest BCUT2D eigenvalue weighted by Gasteiger charge is 2.26. The minimum absolute atomic E-state index is 0.0765. The number of aliphatic hydroxyl groups is 1. The van der Waals surface area contributed by atoms with Crippen LogP contribution in [0.4, 0.5) is 0 Å². The van der Waals surface area contributed by atoms with E-state index in [0.29, 0.717) is 51.7 Å². The first-order chi connectivity index (χ1) is 13.9. The normalized spacial score (nSPS) is 20.4. The summed E-state index contributed by atoms with van der Waals surface area (Å²) in [7, 11) is -3.53. The molecule has 0 bridgehead atoms. The highest BCUT2D eigenvalue weighted by Crippen LogP contribution is 2.20. The second kappa shape index (κ2) is 9.86. The third-order valence-corrected chi connectivity index (χ3v) is 7.07. The van der Waals surface area contributed by atoms with Gasteiger partial charge in [0.15, 0.2) is 0 Å². The molecule has 0 aliphatic carbocycles. The van der Waals surface area contributed by atoms with E-state index in [2.05, 4.69) is 4.90 Å². The fourth-order valence-corrected chi connectivity index (χ4v) is 4.84. The SMILES string of the molecule is CC(=O)N1CCN(C[C@@H](O)COc2ccc(S(=O)(=O)N3CCOCC3)cc2)CC1. The summed E-state index contributed by atoms with van der Waals surface area (Å²) in [6, 6.07) is 6.25. The summed E-state index contributed by atoms with van der Waals surface area (Å²) in [6.07, 6.45) is -0.671. The smallest absolute Gasteiger partial charge is 0.243 e. The number of nitrogens with zero attached hydrogens (tertiary/aromatic N) is 3. The number of morpholine rings is 1. The van der Waals surface area contributed by atoms with E-state index in [4.69, 9.17) is 9.47 Å². The van der Waals surface area contributed by atoms with E-state index in [9.17, 15) is 18.3 Å². The van der Waals surface area contributed by atoms with Gasteiger partial charge in [0, 0.05) is 52.7 Å². The Hall–Kier alpha value is -1.72. The molecule has 0 aromatic heterocycles. The number of hydrogen-bond donors (Lipinski definition) is 1. The molecular weight excluding hydrogens is 398 g/mol. The fraction of sp³-hybridized carbons (Fsp3) is 0.632. The first-order valence-electron chi connectivity index (χ1n) is 9.83. The van der Waals surface area contributed by atoms with E-state index in [0.717, 1.165) is 13.1 Å². The number of amides is 1. The minimum Gasteiger partial charge on any atom is -0.491 e. The molecule has 1 atom stereocenters. The van der Waals surface area contributed by atoms with Crippen LogP contribution in [-0.2, 0) is 19.6 Å². The van der Waals surface area contributed by atoms with E-state index >= 15 is 0 Å². The van der Waals surface area contributed by atoms with Crippen LogP contribution in [-0.4, -0.2) is 105 Å². The summed E-state index contributed by atoms with van der Waals surface area (Å²) in [4.78, 5) is 15.5. The average Bonchev–Trinajstić information content (AvgIpc) is 2.73. The number of sulfonamides is 1. The summed E-state index contributed by atoms with van der Waals surface area (Å²) in [5.41, 5.74) is 0. The lowest BCUT2D eigenvalue weighted by molar-refractivity contribution is -0.130. The summed E-state index contributed by atoms with van der Waals surface area (Å²) in [5, 5.41) is 10.2. The first kappa shape index (κ1) is 22.0. The molecule has 2 aliphatic rings. The molecule has 0 spiro atoms. The van der Waals surface area contributed by atoms with Crippen LogP contribution in [0.15, 0.2) is 29.2 Å². The Morgan fingerprint density at radius 1 is 1.10 bits per heavy atom. The number of β-amino-alcohol motifs (C(OH)–C–C–N with tert-alkyl or cyclic N) is 1. The standard InChI is InChI=1S/C19H29N3O6S/c1-16(23)21-8-6-20(7-9-21)14-17(24)15-28-18-2-4-19(5-3-18)29(25,26)22-10-12-27-13-11-22/h2-5,17,24H,6-15H2,1H3/t17-/m1/s1. The number of rotatable bonds is 7. The Labute approximate surface area is 171 Å². The molecule has 2 heterocycles. The molecule has 1 N–H and O–H groups in total. The quantitative estimate of drug-likeness (QED) is 0.633. The second-order valence-corrected chi connectivity index (χ2v) is 9.20. The van der Waals surface area contributed by atoms with Gasteiger partial charge in [-0.3, -0.25) is 9.69 Å². The zero-order valence-electron chi connectivity index (χ0n) is 16.7. The molecule has 2 aliphatic heterocycles. The number of carbonyl (C=O) groups excluding carboxylic acids is 1. The molecule has 29 heavy (non-hydrogen) atoms. The van der Waals surface area contributed by atoms with Crippen molar-refractivity contribution in [3.05, 3.63) is 24.3 Å². The van der Waals surface area contributed by atoms with Crippen LogP contribution in [0, 0.1) is 0 Å². The number of benzene rings is 1. The van der Waals surface area contributed by atoms with Crippen molar-refractivity contribution in [3.8, 4) is 5.75 Å². The zero-order chi connectivity index (χ0) is 20.9. The largest absolute Gasteiger partial charge is 0.491 e. The van der Waals surface area contributed by atoms with Gasteiger partial charge in [-0.2, -0.15) is 4.31 Å². The topological polar surface area (TPSA) is 99.6 Å². The van der Waals surface area contributed by atoms with Crippen molar-refractivity contribution >= 4 is 15.9 Å². The average molecular weight is 428 g/mol. The highest BCUT2D eigenvalue weighted by molar-refractivity contribution is 7.89. The van der Waals surface area contributed by atoms with Gasteiger partial charge in [0.1, 0.15) is 18.5 Å². The maximum absolute atomic E-state index is 12.6. The molecule has 9 nitrogen and oxygen atoms in total. The van der Waals surface area contributed by atoms with E-state index < -0.39 is 16.1 Å². The molecule has 2 saturated heterocycles. The second-order valence-electron chi connectivity index (χ2n) is 7.26. The van der Waals surface area contributed by atoms with Crippen molar-refractivity contribution in [3.63, 3.8) is 0 Å². The van der Waals surface area contributed by atoms with E-state index in [1.54, 1.807) is 24.0 Å². The van der Waals surface area contributed by atoms with Gasteiger partial charge < -0.3 is 19.5 Å². The third kappa shape index (κ3) is 5.89. The molecule has 1 aromatic rings. The number of hydrogen-bond acceptors (Lipinski definition) is 7. The summed E-state index contributed by atoms with van der Waals surface area (Å²) in [5.74, 6) is 0.582. The summed E-state index contributed by atoms with van der Waals surface area (Å²) >= 11 is 0. The van der Waals surface area contributed by atoms with Gasteiger partial charge in [-0.25, -0.2) is 8.42 Å². The van der Waals surface area contributed by atoms with Crippen LogP contribution in [0.5, 0.6) is 5.75 Å².